The maximum Gasteiger partial charge on any atom is 0.239 e. The molecule has 7 heteroatoms. The number of benzene rings is 2. The lowest BCUT2D eigenvalue weighted by Gasteiger charge is -2.16. The standard InChI is InChI=1S/C19H18BrN3O2S/c1-13-5-3-4-6-14(13)11-23-18(24)12-26-19(23)22-21-10-15-9-16(20)7-8-17(15)25-2/h3-10H,11-12H2,1-2H3/b21-10+,22-19-. The third-order valence-electron chi connectivity index (χ3n) is 3.98. The molecule has 1 heterocycles. The molecule has 0 radical (unpaired) electrons. The van der Waals surface area contributed by atoms with Crippen molar-refractivity contribution in [3.63, 3.8) is 0 Å². The number of nitrogens with zero attached hydrogens (tertiary/aromatic N) is 3. The first-order valence-electron chi connectivity index (χ1n) is 8.00. The van der Waals surface area contributed by atoms with Crippen molar-refractivity contribution < 1.29 is 9.53 Å². The highest BCUT2D eigenvalue weighted by molar-refractivity contribution is 9.10. The van der Waals surface area contributed by atoms with E-state index in [0.717, 1.165) is 21.2 Å². The number of methoxy groups -OCH3 is 1. The molecule has 0 spiro atoms. The Morgan fingerprint density at radius 1 is 1.31 bits per heavy atom. The molecular formula is C19H18BrN3O2S. The number of thioether (sulfide) groups is 1. The summed E-state index contributed by atoms with van der Waals surface area (Å²) >= 11 is 4.84. The highest BCUT2D eigenvalue weighted by Gasteiger charge is 2.28. The van der Waals surface area contributed by atoms with Crippen molar-refractivity contribution in [2.75, 3.05) is 12.9 Å². The van der Waals surface area contributed by atoms with Gasteiger partial charge in [-0.2, -0.15) is 5.10 Å². The van der Waals surface area contributed by atoms with Gasteiger partial charge >= 0.3 is 0 Å². The van der Waals surface area contributed by atoms with E-state index in [0.29, 0.717) is 23.2 Å². The zero-order valence-corrected chi connectivity index (χ0v) is 16.9. The molecule has 0 atom stereocenters. The summed E-state index contributed by atoms with van der Waals surface area (Å²) < 4.78 is 6.25. The topological polar surface area (TPSA) is 54.3 Å². The van der Waals surface area contributed by atoms with Crippen molar-refractivity contribution in [3.8, 4) is 5.75 Å². The lowest BCUT2D eigenvalue weighted by atomic mass is 10.1. The zero-order valence-electron chi connectivity index (χ0n) is 14.5. The highest BCUT2D eigenvalue weighted by Crippen LogP contribution is 2.24. The van der Waals surface area contributed by atoms with Crippen molar-refractivity contribution >= 4 is 45.0 Å². The Balaban J connectivity index is 1.80. The number of hydrogen-bond donors (Lipinski definition) is 0. The first-order chi connectivity index (χ1) is 12.6. The van der Waals surface area contributed by atoms with E-state index in [1.807, 2.05) is 49.4 Å². The molecule has 2 aromatic rings. The number of amides is 1. The van der Waals surface area contributed by atoms with E-state index < -0.39 is 0 Å². The van der Waals surface area contributed by atoms with Gasteiger partial charge in [-0.05, 0) is 36.2 Å². The quantitative estimate of drug-likeness (QED) is 0.525. The van der Waals surface area contributed by atoms with Gasteiger partial charge in [0.2, 0.25) is 5.91 Å². The number of ether oxygens (including phenoxy) is 1. The number of aryl methyl sites for hydroxylation is 1. The van der Waals surface area contributed by atoms with Gasteiger partial charge < -0.3 is 4.74 Å². The summed E-state index contributed by atoms with van der Waals surface area (Å²) in [5.74, 6) is 1.15. The second-order valence-corrected chi connectivity index (χ2v) is 7.57. The Hall–Kier alpha value is -2.12. The monoisotopic (exact) mass is 431 g/mol. The van der Waals surface area contributed by atoms with E-state index >= 15 is 0 Å². The van der Waals surface area contributed by atoms with Crippen molar-refractivity contribution in [1.29, 1.82) is 0 Å². The first-order valence-corrected chi connectivity index (χ1v) is 9.78. The third kappa shape index (κ3) is 4.34. The average molecular weight is 432 g/mol. The molecule has 1 saturated heterocycles. The molecule has 5 nitrogen and oxygen atoms in total. The molecular weight excluding hydrogens is 414 g/mol. The van der Waals surface area contributed by atoms with Crippen LogP contribution < -0.4 is 4.74 Å². The van der Waals surface area contributed by atoms with Crippen LogP contribution in [0.1, 0.15) is 16.7 Å². The molecule has 0 unspecified atom stereocenters. The number of carbonyl (C=O) groups is 1. The molecule has 1 aliphatic rings. The minimum absolute atomic E-state index is 0.0484. The molecule has 0 bridgehead atoms. The summed E-state index contributed by atoms with van der Waals surface area (Å²) in [6.45, 7) is 2.55. The van der Waals surface area contributed by atoms with Crippen molar-refractivity contribution in [2.24, 2.45) is 10.2 Å². The molecule has 2 aromatic carbocycles. The van der Waals surface area contributed by atoms with Crippen LogP contribution in [-0.4, -0.2) is 35.1 Å². The molecule has 0 aromatic heterocycles. The minimum Gasteiger partial charge on any atom is -0.496 e. The molecule has 0 N–H and O–H groups in total. The van der Waals surface area contributed by atoms with Crippen LogP contribution >= 0.6 is 27.7 Å². The Bertz CT molecular complexity index is 883. The molecule has 0 aliphatic carbocycles. The number of amidine groups is 1. The van der Waals surface area contributed by atoms with Gasteiger partial charge in [0.05, 0.1) is 25.6 Å². The summed E-state index contributed by atoms with van der Waals surface area (Å²) in [6.07, 6.45) is 1.63. The van der Waals surface area contributed by atoms with E-state index in [1.165, 1.54) is 11.8 Å². The Labute approximate surface area is 165 Å². The number of carbonyl (C=O) groups excluding carboxylic acids is 1. The Morgan fingerprint density at radius 2 is 2.12 bits per heavy atom. The first kappa shape index (κ1) is 18.7. The minimum atomic E-state index is 0.0484. The van der Waals surface area contributed by atoms with Crippen LogP contribution in [0.4, 0.5) is 0 Å². The van der Waals surface area contributed by atoms with Gasteiger partial charge in [-0.15, -0.1) is 5.10 Å². The zero-order chi connectivity index (χ0) is 18.5. The number of hydrogen-bond acceptors (Lipinski definition) is 5. The fourth-order valence-electron chi connectivity index (χ4n) is 2.53. The van der Waals surface area contributed by atoms with Crippen LogP contribution in [0.2, 0.25) is 0 Å². The van der Waals surface area contributed by atoms with Gasteiger partial charge in [-0.3, -0.25) is 9.69 Å². The second-order valence-electron chi connectivity index (χ2n) is 5.71. The molecule has 1 aliphatic heterocycles. The van der Waals surface area contributed by atoms with Crippen LogP contribution in [0, 0.1) is 6.92 Å². The fourth-order valence-corrected chi connectivity index (χ4v) is 3.75. The second kappa shape index (κ2) is 8.51. The van der Waals surface area contributed by atoms with Crippen LogP contribution in [0.25, 0.3) is 0 Å². The SMILES string of the molecule is COc1ccc(Br)cc1/C=N/N=C1\SCC(=O)N1Cc1ccccc1C. The maximum atomic E-state index is 12.2. The molecule has 0 saturated carbocycles. The summed E-state index contributed by atoms with van der Waals surface area (Å²) in [5.41, 5.74) is 3.07. The van der Waals surface area contributed by atoms with E-state index in [9.17, 15) is 4.79 Å². The summed E-state index contributed by atoms with van der Waals surface area (Å²) in [5, 5.41) is 9.05. The predicted octanol–water partition coefficient (Wildman–Crippen LogP) is 4.23. The van der Waals surface area contributed by atoms with Gasteiger partial charge in [0.25, 0.3) is 0 Å². The predicted molar refractivity (Wildman–Crippen MR) is 110 cm³/mol. The molecule has 3 rings (SSSR count). The van der Waals surface area contributed by atoms with E-state index in [2.05, 4.69) is 26.1 Å². The van der Waals surface area contributed by atoms with Crippen LogP contribution in [0.5, 0.6) is 5.75 Å². The summed E-state index contributed by atoms with van der Waals surface area (Å²) in [6, 6.07) is 13.7. The normalized spacial score (nSPS) is 16.0. The lowest BCUT2D eigenvalue weighted by molar-refractivity contribution is -0.124. The Kier molecular flexibility index (Phi) is 6.11. The molecule has 134 valence electrons. The fraction of sp³-hybridized carbons (Fsp3) is 0.211. The van der Waals surface area contributed by atoms with Gasteiger partial charge in [0, 0.05) is 10.0 Å². The average Bonchev–Trinajstić information content (AvgIpc) is 2.97. The van der Waals surface area contributed by atoms with E-state index in [1.54, 1.807) is 18.2 Å². The van der Waals surface area contributed by atoms with E-state index in [-0.39, 0.29) is 5.91 Å². The van der Waals surface area contributed by atoms with Crippen molar-refractivity contribution in [3.05, 3.63) is 63.6 Å². The molecule has 1 fully saturated rings. The number of rotatable bonds is 5. The lowest BCUT2D eigenvalue weighted by Crippen LogP contribution is -2.29. The highest BCUT2D eigenvalue weighted by atomic mass is 79.9. The Morgan fingerprint density at radius 3 is 2.88 bits per heavy atom. The van der Waals surface area contributed by atoms with Crippen LogP contribution in [0.3, 0.4) is 0 Å². The molecule has 1 amide bonds. The maximum absolute atomic E-state index is 12.2. The summed E-state index contributed by atoms with van der Waals surface area (Å²) in [4.78, 5) is 13.9. The number of halogens is 1. The van der Waals surface area contributed by atoms with Crippen LogP contribution in [-0.2, 0) is 11.3 Å². The van der Waals surface area contributed by atoms with E-state index in [4.69, 9.17) is 4.74 Å². The van der Waals surface area contributed by atoms with Gasteiger partial charge in [-0.25, -0.2) is 0 Å². The summed E-state index contributed by atoms with van der Waals surface area (Å²) in [7, 11) is 1.61. The van der Waals surface area contributed by atoms with Gasteiger partial charge in [-0.1, -0.05) is 52.0 Å². The molecule has 26 heavy (non-hydrogen) atoms. The largest absolute Gasteiger partial charge is 0.496 e. The smallest absolute Gasteiger partial charge is 0.239 e. The van der Waals surface area contributed by atoms with Gasteiger partial charge in [0.15, 0.2) is 5.17 Å². The van der Waals surface area contributed by atoms with Crippen molar-refractivity contribution in [1.82, 2.24) is 4.90 Å². The third-order valence-corrected chi connectivity index (χ3v) is 5.42. The van der Waals surface area contributed by atoms with Crippen molar-refractivity contribution in [2.45, 2.75) is 13.5 Å². The van der Waals surface area contributed by atoms with Crippen LogP contribution in [0.15, 0.2) is 57.1 Å². The van der Waals surface area contributed by atoms with Gasteiger partial charge in [0.1, 0.15) is 5.75 Å².